The molecule has 0 radical (unpaired) electrons. The molecule has 2 aromatic carbocycles. The molecule has 154 valence electrons. The van der Waals surface area contributed by atoms with Gasteiger partial charge in [0, 0.05) is 13.1 Å². The second kappa shape index (κ2) is 6.82. The van der Waals surface area contributed by atoms with E-state index in [-0.39, 0.29) is 31.2 Å². The van der Waals surface area contributed by atoms with Gasteiger partial charge in [0.2, 0.25) is 0 Å². The minimum atomic E-state index is -4.76. The van der Waals surface area contributed by atoms with Gasteiger partial charge in [-0.2, -0.15) is 0 Å². The zero-order valence-electron chi connectivity index (χ0n) is 15.3. The summed E-state index contributed by atoms with van der Waals surface area (Å²) in [6, 6.07) is 9.96. The van der Waals surface area contributed by atoms with Gasteiger partial charge in [0.05, 0.1) is 30.8 Å². The van der Waals surface area contributed by atoms with Crippen LogP contribution >= 0.6 is 0 Å². The van der Waals surface area contributed by atoms with Gasteiger partial charge in [0.25, 0.3) is 0 Å². The number of alkyl halides is 3. The van der Waals surface area contributed by atoms with E-state index in [1.54, 1.807) is 25.2 Å². The van der Waals surface area contributed by atoms with Gasteiger partial charge in [0.15, 0.2) is 0 Å². The summed E-state index contributed by atoms with van der Waals surface area (Å²) in [5.74, 6) is 0.334. The van der Waals surface area contributed by atoms with Gasteiger partial charge in [-0.15, -0.1) is 13.2 Å². The standard InChI is InChI=1S/C19H17F3N2O5/c1-23-15-7-6-14(28-12-2-4-13(5-3-12)29-19(20,21)22)8-16(15)24(17(23)25)9-18(26)10-27-11-18/h2-8,26H,9-11H2,1H3. The number of aryl methyl sites for hydroxylation is 1. The minimum Gasteiger partial charge on any atom is -0.457 e. The highest BCUT2D eigenvalue weighted by Crippen LogP contribution is 2.29. The predicted octanol–water partition coefficient (Wildman–Crippen LogP) is 2.79. The Hall–Kier alpha value is -2.98. The molecule has 1 saturated heterocycles. The quantitative estimate of drug-likeness (QED) is 0.700. The lowest BCUT2D eigenvalue weighted by molar-refractivity contribution is -0.274. The summed E-state index contributed by atoms with van der Waals surface area (Å²) < 4.78 is 54.2. The van der Waals surface area contributed by atoms with Crippen molar-refractivity contribution in [2.45, 2.75) is 18.5 Å². The molecule has 4 rings (SSSR count). The molecule has 0 amide bonds. The van der Waals surface area contributed by atoms with Crippen LogP contribution < -0.4 is 15.2 Å². The number of hydrogen-bond acceptors (Lipinski definition) is 5. The van der Waals surface area contributed by atoms with Crippen molar-refractivity contribution in [2.24, 2.45) is 7.05 Å². The summed E-state index contributed by atoms with van der Waals surface area (Å²) in [4.78, 5) is 12.6. The van der Waals surface area contributed by atoms with Crippen LogP contribution in [0.15, 0.2) is 47.3 Å². The van der Waals surface area contributed by atoms with Crippen molar-refractivity contribution < 1.29 is 32.5 Å². The van der Waals surface area contributed by atoms with Crippen LogP contribution in [-0.2, 0) is 18.3 Å². The highest BCUT2D eigenvalue weighted by molar-refractivity contribution is 5.78. The Kier molecular flexibility index (Phi) is 4.55. The van der Waals surface area contributed by atoms with Crippen LogP contribution in [0.4, 0.5) is 13.2 Å². The van der Waals surface area contributed by atoms with Gasteiger partial charge in [-0.25, -0.2) is 4.79 Å². The Morgan fingerprint density at radius 3 is 2.28 bits per heavy atom. The zero-order valence-corrected chi connectivity index (χ0v) is 15.3. The van der Waals surface area contributed by atoms with Crippen molar-refractivity contribution in [3.8, 4) is 17.2 Å². The third-order valence-corrected chi connectivity index (χ3v) is 4.60. The smallest absolute Gasteiger partial charge is 0.457 e. The molecule has 0 atom stereocenters. The van der Waals surface area contributed by atoms with Crippen LogP contribution in [0.2, 0.25) is 0 Å². The summed E-state index contributed by atoms with van der Waals surface area (Å²) in [7, 11) is 1.63. The molecule has 0 bridgehead atoms. The first kappa shape index (κ1) is 19.3. The fourth-order valence-corrected chi connectivity index (χ4v) is 3.18. The van der Waals surface area contributed by atoms with Crippen molar-refractivity contribution in [3.05, 3.63) is 52.9 Å². The molecule has 0 unspecified atom stereocenters. The van der Waals surface area contributed by atoms with Crippen LogP contribution in [0.25, 0.3) is 11.0 Å². The van der Waals surface area contributed by atoms with Crippen LogP contribution in [-0.4, -0.2) is 39.4 Å². The topological polar surface area (TPSA) is 74.9 Å². The third kappa shape index (κ3) is 3.94. The minimum absolute atomic E-state index is 0.0795. The lowest BCUT2D eigenvalue weighted by Gasteiger charge is -2.36. The Morgan fingerprint density at radius 2 is 1.69 bits per heavy atom. The Labute approximate surface area is 162 Å². The van der Waals surface area contributed by atoms with E-state index in [2.05, 4.69) is 4.74 Å². The van der Waals surface area contributed by atoms with E-state index in [1.165, 1.54) is 21.3 Å². The van der Waals surface area contributed by atoms with E-state index >= 15 is 0 Å². The van der Waals surface area contributed by atoms with Crippen LogP contribution in [0.5, 0.6) is 17.2 Å². The van der Waals surface area contributed by atoms with Crippen molar-refractivity contribution in [1.29, 1.82) is 0 Å². The van der Waals surface area contributed by atoms with Gasteiger partial charge in [-0.05, 0) is 36.4 Å². The number of benzene rings is 2. The number of ether oxygens (including phenoxy) is 3. The van der Waals surface area contributed by atoms with E-state index in [9.17, 15) is 23.1 Å². The average molecular weight is 410 g/mol. The summed E-state index contributed by atoms with van der Waals surface area (Å²) in [5.41, 5.74) is -0.165. The summed E-state index contributed by atoms with van der Waals surface area (Å²) in [5, 5.41) is 10.4. The largest absolute Gasteiger partial charge is 0.573 e. The van der Waals surface area contributed by atoms with E-state index in [1.807, 2.05) is 0 Å². The molecule has 0 spiro atoms. The molecule has 1 aliphatic heterocycles. The first-order valence-corrected chi connectivity index (χ1v) is 8.67. The van der Waals surface area contributed by atoms with Gasteiger partial charge >= 0.3 is 12.1 Å². The number of halogens is 3. The summed E-state index contributed by atoms with van der Waals surface area (Å²) >= 11 is 0. The maximum atomic E-state index is 12.6. The molecular weight excluding hydrogens is 393 g/mol. The average Bonchev–Trinajstić information content (AvgIpc) is 2.85. The number of nitrogens with zero attached hydrogens (tertiary/aromatic N) is 2. The van der Waals surface area contributed by atoms with Crippen LogP contribution in [0.3, 0.4) is 0 Å². The highest BCUT2D eigenvalue weighted by Gasteiger charge is 2.37. The molecular formula is C19H17F3N2O5. The molecule has 0 aliphatic carbocycles. The molecule has 3 aromatic rings. The molecule has 10 heteroatoms. The maximum absolute atomic E-state index is 12.6. The van der Waals surface area contributed by atoms with Gasteiger partial charge in [0.1, 0.15) is 22.8 Å². The monoisotopic (exact) mass is 410 g/mol. The molecule has 7 nitrogen and oxygen atoms in total. The van der Waals surface area contributed by atoms with Crippen molar-refractivity contribution in [3.63, 3.8) is 0 Å². The predicted molar refractivity (Wildman–Crippen MR) is 96.1 cm³/mol. The number of imidazole rings is 1. The van der Waals surface area contributed by atoms with Crippen LogP contribution in [0.1, 0.15) is 0 Å². The Bertz CT molecular complexity index is 1100. The number of fused-ring (bicyclic) bond motifs is 1. The molecule has 1 aromatic heterocycles. The summed E-state index contributed by atoms with van der Waals surface area (Å²) in [6.07, 6.45) is -4.76. The maximum Gasteiger partial charge on any atom is 0.573 e. The first-order chi connectivity index (χ1) is 13.6. The van der Waals surface area contributed by atoms with Gasteiger partial charge in [-0.3, -0.25) is 9.13 Å². The van der Waals surface area contributed by atoms with Crippen molar-refractivity contribution >= 4 is 11.0 Å². The zero-order chi connectivity index (χ0) is 20.8. The second-order valence-corrected chi connectivity index (χ2v) is 6.92. The first-order valence-electron chi connectivity index (χ1n) is 8.67. The van der Waals surface area contributed by atoms with E-state index in [0.29, 0.717) is 22.5 Å². The van der Waals surface area contributed by atoms with Crippen molar-refractivity contribution in [1.82, 2.24) is 9.13 Å². The van der Waals surface area contributed by atoms with Crippen LogP contribution in [0, 0.1) is 0 Å². The molecule has 29 heavy (non-hydrogen) atoms. The molecule has 0 saturated carbocycles. The lowest BCUT2D eigenvalue weighted by atomic mass is 10.0. The summed E-state index contributed by atoms with van der Waals surface area (Å²) in [6.45, 7) is 0.382. The molecule has 2 heterocycles. The number of aliphatic hydroxyl groups is 1. The number of rotatable bonds is 5. The lowest BCUT2D eigenvalue weighted by Crippen LogP contribution is -2.53. The third-order valence-electron chi connectivity index (χ3n) is 4.60. The SMILES string of the molecule is Cn1c(=O)n(CC2(O)COC2)c2cc(Oc3ccc(OC(F)(F)F)cc3)ccc21. The van der Waals surface area contributed by atoms with Gasteiger partial charge < -0.3 is 19.3 Å². The van der Waals surface area contributed by atoms with Crippen molar-refractivity contribution in [2.75, 3.05) is 13.2 Å². The number of aromatic nitrogens is 2. The molecule has 1 aliphatic rings. The fraction of sp³-hybridized carbons (Fsp3) is 0.316. The molecule has 1 N–H and O–H groups in total. The van der Waals surface area contributed by atoms with E-state index < -0.39 is 12.0 Å². The fourth-order valence-electron chi connectivity index (χ4n) is 3.18. The van der Waals surface area contributed by atoms with E-state index in [0.717, 1.165) is 12.1 Å². The normalized spacial score (nSPS) is 15.9. The molecule has 1 fully saturated rings. The Balaban J connectivity index is 1.61. The van der Waals surface area contributed by atoms with E-state index in [4.69, 9.17) is 9.47 Å². The van der Waals surface area contributed by atoms with Gasteiger partial charge in [-0.1, -0.05) is 0 Å². The Morgan fingerprint density at radius 1 is 1.07 bits per heavy atom. The number of hydrogen-bond donors (Lipinski definition) is 1. The second-order valence-electron chi connectivity index (χ2n) is 6.92. The highest BCUT2D eigenvalue weighted by atomic mass is 19.4.